The molecular formula is C26H24ClN3O2. The second-order valence-electron chi connectivity index (χ2n) is 7.83. The van der Waals surface area contributed by atoms with Crippen molar-refractivity contribution in [2.45, 2.75) is 32.9 Å². The Labute approximate surface area is 191 Å². The molecule has 1 aromatic heterocycles. The van der Waals surface area contributed by atoms with Crippen LogP contribution in [0.1, 0.15) is 28.8 Å². The van der Waals surface area contributed by atoms with Gasteiger partial charge in [-0.1, -0.05) is 65.7 Å². The van der Waals surface area contributed by atoms with Gasteiger partial charge in [0.1, 0.15) is 5.69 Å². The van der Waals surface area contributed by atoms with Gasteiger partial charge < -0.3 is 9.88 Å². The average Bonchev–Trinajstić information content (AvgIpc) is 2.79. The number of nitrogens with zero attached hydrogens (tertiary/aromatic N) is 2. The van der Waals surface area contributed by atoms with Crippen LogP contribution in [-0.2, 0) is 24.3 Å². The average molecular weight is 446 g/mol. The minimum absolute atomic E-state index is 0.110. The minimum atomic E-state index is -0.185. The van der Waals surface area contributed by atoms with E-state index in [2.05, 4.69) is 10.3 Å². The van der Waals surface area contributed by atoms with E-state index >= 15 is 0 Å². The zero-order valence-corrected chi connectivity index (χ0v) is 18.6. The van der Waals surface area contributed by atoms with Gasteiger partial charge in [-0.05, 0) is 42.3 Å². The summed E-state index contributed by atoms with van der Waals surface area (Å²) in [5.74, 6) is -0.110. The van der Waals surface area contributed by atoms with E-state index in [4.69, 9.17) is 11.6 Å². The molecule has 0 atom stereocenters. The highest BCUT2D eigenvalue weighted by atomic mass is 35.5. The fourth-order valence-electron chi connectivity index (χ4n) is 3.61. The van der Waals surface area contributed by atoms with Crippen molar-refractivity contribution in [3.8, 4) is 0 Å². The Morgan fingerprint density at radius 2 is 1.78 bits per heavy atom. The largest absolute Gasteiger partial charge is 0.352 e. The molecule has 0 radical (unpaired) electrons. The molecule has 0 aliphatic carbocycles. The summed E-state index contributed by atoms with van der Waals surface area (Å²) in [7, 11) is 0. The highest BCUT2D eigenvalue weighted by Crippen LogP contribution is 2.15. The molecule has 6 heteroatoms. The van der Waals surface area contributed by atoms with Crippen LogP contribution < -0.4 is 10.9 Å². The highest BCUT2D eigenvalue weighted by molar-refractivity contribution is 6.30. The van der Waals surface area contributed by atoms with Crippen LogP contribution in [0.3, 0.4) is 0 Å². The van der Waals surface area contributed by atoms with E-state index in [9.17, 15) is 9.59 Å². The molecule has 4 rings (SSSR count). The van der Waals surface area contributed by atoms with E-state index < -0.39 is 0 Å². The molecule has 1 amide bonds. The lowest BCUT2D eigenvalue weighted by Gasteiger charge is -2.13. The number of benzene rings is 3. The number of carbonyl (C=O) groups is 1. The maximum Gasteiger partial charge on any atom is 0.273 e. The summed E-state index contributed by atoms with van der Waals surface area (Å²) in [6, 6.07) is 23.0. The molecule has 5 nitrogen and oxygen atoms in total. The molecule has 0 aliphatic heterocycles. The molecule has 0 fully saturated rings. The zero-order valence-electron chi connectivity index (χ0n) is 17.8. The van der Waals surface area contributed by atoms with E-state index in [1.165, 1.54) is 5.56 Å². The molecule has 0 aliphatic rings. The first kappa shape index (κ1) is 21.8. The molecule has 1 heterocycles. The van der Waals surface area contributed by atoms with Gasteiger partial charge in [0, 0.05) is 24.4 Å². The Bertz CT molecular complexity index is 1310. The van der Waals surface area contributed by atoms with Crippen molar-refractivity contribution >= 4 is 28.5 Å². The molecule has 4 aromatic rings. The normalized spacial score (nSPS) is 10.9. The molecule has 32 heavy (non-hydrogen) atoms. The van der Waals surface area contributed by atoms with Crippen molar-refractivity contribution in [1.82, 2.24) is 14.9 Å². The number of rotatable bonds is 7. The third-order valence-corrected chi connectivity index (χ3v) is 5.58. The molecule has 1 N–H and O–H groups in total. The third-order valence-electron chi connectivity index (χ3n) is 5.35. The number of aromatic nitrogens is 2. The number of para-hydroxylation sites is 2. The van der Waals surface area contributed by atoms with E-state index in [0.29, 0.717) is 23.8 Å². The Hall–Kier alpha value is -3.44. The molecule has 0 bridgehead atoms. The molecule has 162 valence electrons. The van der Waals surface area contributed by atoms with Gasteiger partial charge >= 0.3 is 0 Å². The summed E-state index contributed by atoms with van der Waals surface area (Å²) in [5.41, 5.74) is 4.83. The van der Waals surface area contributed by atoms with Crippen LogP contribution in [0.15, 0.2) is 77.6 Å². The molecule has 0 saturated heterocycles. The standard InChI is InChI=1S/C26H24ClN3O2/c1-18-9-11-19(12-10-18)16-28-25(31)14-13-23-26(32)30(17-20-5-4-6-21(27)15-20)24-8-3-2-7-22(24)29-23/h2-12,15H,13-14,16-17H2,1H3,(H,28,31). The van der Waals surface area contributed by atoms with E-state index in [0.717, 1.165) is 22.2 Å². The van der Waals surface area contributed by atoms with Gasteiger partial charge in [0.15, 0.2) is 0 Å². The van der Waals surface area contributed by atoms with Crippen molar-refractivity contribution in [3.05, 3.63) is 111 Å². The summed E-state index contributed by atoms with van der Waals surface area (Å²) >= 11 is 6.12. The van der Waals surface area contributed by atoms with Crippen LogP contribution >= 0.6 is 11.6 Å². The fourth-order valence-corrected chi connectivity index (χ4v) is 3.82. The molecule has 3 aromatic carbocycles. The van der Waals surface area contributed by atoms with Crippen molar-refractivity contribution in [2.75, 3.05) is 0 Å². The number of aryl methyl sites for hydroxylation is 2. The molecule has 0 spiro atoms. The van der Waals surface area contributed by atoms with Gasteiger partial charge in [-0.25, -0.2) is 4.98 Å². The quantitative estimate of drug-likeness (QED) is 0.450. The summed E-state index contributed by atoms with van der Waals surface area (Å²) in [4.78, 5) is 30.2. The van der Waals surface area contributed by atoms with Crippen LogP contribution in [0.5, 0.6) is 0 Å². The van der Waals surface area contributed by atoms with E-state index in [-0.39, 0.29) is 24.3 Å². The van der Waals surface area contributed by atoms with Crippen LogP contribution in [0.25, 0.3) is 11.0 Å². The first-order valence-corrected chi connectivity index (χ1v) is 10.9. The number of nitrogens with one attached hydrogen (secondary N) is 1. The van der Waals surface area contributed by atoms with Crippen LogP contribution in [0, 0.1) is 6.92 Å². The van der Waals surface area contributed by atoms with Gasteiger partial charge in [0.2, 0.25) is 5.91 Å². The van der Waals surface area contributed by atoms with Crippen molar-refractivity contribution in [1.29, 1.82) is 0 Å². The van der Waals surface area contributed by atoms with Crippen LogP contribution in [0.4, 0.5) is 0 Å². The summed E-state index contributed by atoms with van der Waals surface area (Å²) in [6.45, 7) is 2.87. The highest BCUT2D eigenvalue weighted by Gasteiger charge is 2.13. The number of halogens is 1. The fraction of sp³-hybridized carbons (Fsp3) is 0.192. The maximum atomic E-state index is 13.2. The summed E-state index contributed by atoms with van der Waals surface area (Å²) < 4.78 is 1.70. The lowest BCUT2D eigenvalue weighted by Crippen LogP contribution is -2.28. The van der Waals surface area contributed by atoms with Crippen molar-refractivity contribution in [3.63, 3.8) is 0 Å². The van der Waals surface area contributed by atoms with Gasteiger partial charge in [-0.2, -0.15) is 0 Å². The van der Waals surface area contributed by atoms with Crippen molar-refractivity contribution < 1.29 is 4.79 Å². The topological polar surface area (TPSA) is 64.0 Å². The second-order valence-corrected chi connectivity index (χ2v) is 8.27. The Morgan fingerprint density at radius 1 is 1.00 bits per heavy atom. The van der Waals surface area contributed by atoms with Gasteiger partial charge in [0.25, 0.3) is 5.56 Å². The smallest absolute Gasteiger partial charge is 0.273 e. The van der Waals surface area contributed by atoms with E-state index in [1.54, 1.807) is 10.6 Å². The van der Waals surface area contributed by atoms with Crippen LogP contribution in [-0.4, -0.2) is 15.5 Å². The number of fused-ring (bicyclic) bond motifs is 1. The lowest BCUT2D eigenvalue weighted by atomic mass is 10.1. The monoisotopic (exact) mass is 445 g/mol. The van der Waals surface area contributed by atoms with Crippen molar-refractivity contribution in [2.24, 2.45) is 0 Å². The summed E-state index contributed by atoms with van der Waals surface area (Å²) in [5, 5.41) is 3.54. The predicted molar refractivity (Wildman–Crippen MR) is 128 cm³/mol. The number of amides is 1. The van der Waals surface area contributed by atoms with Crippen LogP contribution in [0.2, 0.25) is 5.02 Å². The SMILES string of the molecule is Cc1ccc(CNC(=O)CCc2nc3ccccc3n(Cc3cccc(Cl)c3)c2=O)cc1. The molecule has 0 unspecified atom stereocenters. The van der Waals surface area contributed by atoms with Gasteiger partial charge in [-0.15, -0.1) is 0 Å². The first-order chi connectivity index (χ1) is 15.5. The van der Waals surface area contributed by atoms with E-state index in [1.807, 2.05) is 73.7 Å². The molecule has 0 saturated carbocycles. The summed E-state index contributed by atoms with van der Waals surface area (Å²) in [6.07, 6.45) is 0.475. The number of carbonyl (C=O) groups excluding carboxylic acids is 1. The Morgan fingerprint density at radius 3 is 2.56 bits per heavy atom. The molecular weight excluding hydrogens is 422 g/mol. The Kier molecular flexibility index (Phi) is 6.66. The Balaban J connectivity index is 1.52. The number of hydrogen-bond acceptors (Lipinski definition) is 3. The number of hydrogen-bond donors (Lipinski definition) is 1. The first-order valence-electron chi connectivity index (χ1n) is 10.5. The lowest BCUT2D eigenvalue weighted by molar-refractivity contribution is -0.121. The van der Waals surface area contributed by atoms with Gasteiger partial charge in [-0.3, -0.25) is 9.59 Å². The maximum absolute atomic E-state index is 13.2. The third kappa shape index (κ3) is 5.24. The second kappa shape index (κ2) is 9.79. The zero-order chi connectivity index (χ0) is 22.5. The predicted octanol–water partition coefficient (Wildman–Crippen LogP) is 4.66. The minimum Gasteiger partial charge on any atom is -0.352 e. The van der Waals surface area contributed by atoms with Gasteiger partial charge in [0.05, 0.1) is 17.6 Å².